The zero-order valence-corrected chi connectivity index (χ0v) is 29.2. The highest BCUT2D eigenvalue weighted by molar-refractivity contribution is 7.26. The average molecular weight is 680 g/mol. The first-order valence-corrected chi connectivity index (χ1v) is 18.6. The molecule has 0 N–H and O–H groups in total. The van der Waals surface area contributed by atoms with Crippen LogP contribution in [0.3, 0.4) is 0 Å². The minimum Gasteiger partial charge on any atom is -0.309 e. The maximum Gasteiger partial charge on any atom is 0.0640 e. The molecule has 52 heavy (non-hydrogen) atoms. The van der Waals surface area contributed by atoms with Gasteiger partial charge in [0.15, 0.2) is 0 Å². The van der Waals surface area contributed by atoms with E-state index in [1.165, 1.54) is 80.8 Å². The smallest absolute Gasteiger partial charge is 0.0640 e. The van der Waals surface area contributed by atoms with E-state index in [0.29, 0.717) is 0 Å². The number of nitrogens with zero attached hydrogens (tertiary/aromatic N) is 1. The highest BCUT2D eigenvalue weighted by atomic mass is 32.1. The summed E-state index contributed by atoms with van der Waals surface area (Å²) in [5.74, 6) is 0. The van der Waals surface area contributed by atoms with Crippen LogP contribution in [0.2, 0.25) is 0 Å². The Morgan fingerprint density at radius 2 is 0.885 bits per heavy atom. The van der Waals surface area contributed by atoms with Crippen LogP contribution in [0.15, 0.2) is 200 Å². The predicted molar refractivity (Wildman–Crippen MR) is 225 cm³/mol. The summed E-state index contributed by atoms with van der Waals surface area (Å²) in [6.45, 7) is 0. The molecule has 1 aromatic heterocycles. The third kappa shape index (κ3) is 5.33. The molecule has 1 heterocycles. The van der Waals surface area contributed by atoms with Gasteiger partial charge in [-0.3, -0.25) is 0 Å². The second-order valence-corrected chi connectivity index (χ2v) is 14.4. The molecule has 9 aromatic carbocycles. The predicted octanol–water partition coefficient (Wildman–Crippen LogP) is 14.8. The topological polar surface area (TPSA) is 3.24 Å². The SMILES string of the molecule is c1ccc(-c2cc3ccccc3cc2-c2ccc(N(c3cccc(-c4ccc5ccccc5c4)c3)c3cccc4c3sc3ccccc34)cc2)cc1. The zero-order valence-electron chi connectivity index (χ0n) is 28.4. The molecule has 0 radical (unpaired) electrons. The van der Waals surface area contributed by atoms with Crippen molar-refractivity contribution in [1.29, 1.82) is 0 Å². The molecule has 0 bridgehead atoms. The van der Waals surface area contributed by atoms with Gasteiger partial charge in [0.25, 0.3) is 0 Å². The number of hydrogen-bond donors (Lipinski definition) is 0. The van der Waals surface area contributed by atoms with Crippen LogP contribution >= 0.6 is 11.3 Å². The molecule has 0 aliphatic rings. The molecule has 0 saturated carbocycles. The van der Waals surface area contributed by atoms with E-state index in [4.69, 9.17) is 0 Å². The molecule has 0 amide bonds. The van der Waals surface area contributed by atoms with Crippen molar-refractivity contribution in [2.24, 2.45) is 0 Å². The van der Waals surface area contributed by atoms with E-state index in [2.05, 4.69) is 205 Å². The Hall–Kier alpha value is -6.48. The standard InChI is InChI=1S/C50H33NS/c1-2-13-35(14-3-1)46-32-39-16-6-7-17-40(39)33-47(46)36-26-28-42(29-27-36)51(48-22-11-21-45-44-20-8-9-23-49(44)52-50(45)48)43-19-10-18-38(31-43)41-25-24-34-12-4-5-15-37(34)30-41/h1-33H. The number of rotatable bonds is 6. The first-order chi connectivity index (χ1) is 25.8. The Balaban J connectivity index is 1.14. The van der Waals surface area contributed by atoms with Crippen molar-refractivity contribution >= 4 is 70.1 Å². The lowest BCUT2D eigenvalue weighted by Gasteiger charge is -2.27. The van der Waals surface area contributed by atoms with Crippen molar-refractivity contribution in [2.75, 3.05) is 4.90 Å². The molecule has 0 spiro atoms. The van der Waals surface area contributed by atoms with E-state index in [1.54, 1.807) is 0 Å². The van der Waals surface area contributed by atoms with Crippen molar-refractivity contribution in [3.8, 4) is 33.4 Å². The molecule has 0 aliphatic heterocycles. The Morgan fingerprint density at radius 1 is 0.327 bits per heavy atom. The van der Waals surface area contributed by atoms with Crippen LogP contribution in [0, 0.1) is 0 Å². The summed E-state index contributed by atoms with van der Waals surface area (Å²) in [6.07, 6.45) is 0. The van der Waals surface area contributed by atoms with Gasteiger partial charge >= 0.3 is 0 Å². The Bertz CT molecular complexity index is 2900. The monoisotopic (exact) mass is 679 g/mol. The van der Waals surface area contributed by atoms with Crippen molar-refractivity contribution in [1.82, 2.24) is 0 Å². The van der Waals surface area contributed by atoms with E-state index in [-0.39, 0.29) is 0 Å². The van der Waals surface area contributed by atoms with Crippen LogP contribution in [0.4, 0.5) is 17.1 Å². The molecule has 0 atom stereocenters. The average Bonchev–Trinajstić information content (AvgIpc) is 3.61. The van der Waals surface area contributed by atoms with Gasteiger partial charge in [-0.2, -0.15) is 0 Å². The van der Waals surface area contributed by atoms with Gasteiger partial charge in [0, 0.05) is 26.8 Å². The molecule has 0 fully saturated rings. The minimum absolute atomic E-state index is 1.12. The molecule has 244 valence electrons. The molecule has 0 aliphatic carbocycles. The minimum atomic E-state index is 1.12. The number of hydrogen-bond acceptors (Lipinski definition) is 2. The summed E-state index contributed by atoms with van der Waals surface area (Å²) < 4.78 is 2.58. The number of thiophene rings is 1. The van der Waals surface area contributed by atoms with Crippen molar-refractivity contribution in [2.45, 2.75) is 0 Å². The van der Waals surface area contributed by atoms with Gasteiger partial charge in [-0.05, 0) is 110 Å². The molecular weight excluding hydrogens is 647 g/mol. The molecule has 0 unspecified atom stereocenters. The van der Waals surface area contributed by atoms with E-state index < -0.39 is 0 Å². The number of benzene rings is 9. The third-order valence-electron chi connectivity index (χ3n) is 10.2. The lowest BCUT2D eigenvalue weighted by atomic mass is 9.91. The fraction of sp³-hybridized carbons (Fsp3) is 0. The van der Waals surface area contributed by atoms with Gasteiger partial charge in [0.1, 0.15) is 0 Å². The largest absolute Gasteiger partial charge is 0.309 e. The molecule has 0 saturated heterocycles. The summed E-state index contributed by atoms with van der Waals surface area (Å²) >= 11 is 1.87. The molecule has 10 aromatic rings. The number of fused-ring (bicyclic) bond motifs is 5. The van der Waals surface area contributed by atoms with Crippen LogP contribution in [0.5, 0.6) is 0 Å². The first kappa shape index (κ1) is 30.4. The van der Waals surface area contributed by atoms with Gasteiger partial charge in [-0.1, -0.05) is 146 Å². The third-order valence-corrected chi connectivity index (χ3v) is 11.4. The van der Waals surface area contributed by atoms with Gasteiger partial charge in [-0.15, -0.1) is 11.3 Å². The Labute approximate surface area is 307 Å². The summed E-state index contributed by atoms with van der Waals surface area (Å²) in [7, 11) is 0. The maximum absolute atomic E-state index is 2.44. The molecular formula is C50H33NS. The maximum atomic E-state index is 2.44. The lowest BCUT2D eigenvalue weighted by Crippen LogP contribution is -2.10. The van der Waals surface area contributed by atoms with Crippen LogP contribution in [0.25, 0.3) is 75.1 Å². The van der Waals surface area contributed by atoms with Crippen LogP contribution in [-0.4, -0.2) is 0 Å². The summed E-state index contributed by atoms with van der Waals surface area (Å²) in [5, 5.41) is 7.57. The van der Waals surface area contributed by atoms with Gasteiger partial charge in [0.05, 0.1) is 10.4 Å². The Morgan fingerprint density at radius 3 is 1.65 bits per heavy atom. The Kier molecular flexibility index (Phi) is 7.41. The molecule has 10 rings (SSSR count). The van der Waals surface area contributed by atoms with Gasteiger partial charge in [0.2, 0.25) is 0 Å². The zero-order chi connectivity index (χ0) is 34.4. The molecule has 2 heteroatoms. The van der Waals surface area contributed by atoms with E-state index in [9.17, 15) is 0 Å². The summed E-state index contributed by atoms with van der Waals surface area (Å²) in [5.41, 5.74) is 10.7. The summed E-state index contributed by atoms with van der Waals surface area (Å²) in [4.78, 5) is 2.44. The highest BCUT2D eigenvalue weighted by Crippen LogP contribution is 2.46. The lowest BCUT2D eigenvalue weighted by molar-refractivity contribution is 1.30. The van der Waals surface area contributed by atoms with Crippen molar-refractivity contribution in [3.63, 3.8) is 0 Å². The van der Waals surface area contributed by atoms with Gasteiger partial charge < -0.3 is 4.90 Å². The highest BCUT2D eigenvalue weighted by Gasteiger charge is 2.19. The van der Waals surface area contributed by atoms with Crippen molar-refractivity contribution in [3.05, 3.63) is 200 Å². The second-order valence-electron chi connectivity index (χ2n) is 13.4. The van der Waals surface area contributed by atoms with Crippen LogP contribution in [-0.2, 0) is 0 Å². The second kappa shape index (κ2) is 12.7. The van der Waals surface area contributed by atoms with E-state index in [1.807, 2.05) is 11.3 Å². The molecule has 1 nitrogen and oxygen atoms in total. The normalized spacial score (nSPS) is 11.5. The number of anilines is 3. The fourth-order valence-electron chi connectivity index (χ4n) is 7.65. The van der Waals surface area contributed by atoms with Crippen molar-refractivity contribution < 1.29 is 0 Å². The van der Waals surface area contributed by atoms with Crippen LogP contribution in [0.1, 0.15) is 0 Å². The van der Waals surface area contributed by atoms with E-state index >= 15 is 0 Å². The van der Waals surface area contributed by atoms with Gasteiger partial charge in [-0.25, -0.2) is 0 Å². The summed E-state index contributed by atoms with van der Waals surface area (Å²) in [6, 6.07) is 73.0. The van der Waals surface area contributed by atoms with Crippen LogP contribution < -0.4 is 4.90 Å². The first-order valence-electron chi connectivity index (χ1n) is 17.8. The fourth-order valence-corrected chi connectivity index (χ4v) is 8.86. The van der Waals surface area contributed by atoms with E-state index in [0.717, 1.165) is 11.4 Å². The quantitative estimate of drug-likeness (QED) is 0.169.